The summed E-state index contributed by atoms with van der Waals surface area (Å²) >= 11 is 0. The van der Waals surface area contributed by atoms with Crippen molar-refractivity contribution < 1.29 is 29.3 Å². The second-order valence-corrected chi connectivity index (χ2v) is 12.9. The van der Waals surface area contributed by atoms with Crippen molar-refractivity contribution >= 4 is 11.9 Å². The van der Waals surface area contributed by atoms with E-state index in [9.17, 15) is 14.7 Å². The van der Waals surface area contributed by atoms with E-state index in [4.69, 9.17) is 14.6 Å². The number of ether oxygens (including phenoxy) is 2. The third-order valence-electron chi connectivity index (χ3n) is 9.28. The zero-order valence-electron chi connectivity index (χ0n) is 28.5. The summed E-state index contributed by atoms with van der Waals surface area (Å²) in [5, 5.41) is 21.3. The zero-order valence-corrected chi connectivity index (χ0v) is 28.5. The molecule has 49 heavy (non-hydrogen) atoms. The molecule has 0 radical (unpaired) electrons. The lowest BCUT2D eigenvalue weighted by Crippen LogP contribution is -2.38. The highest BCUT2D eigenvalue weighted by atomic mass is 16.7. The van der Waals surface area contributed by atoms with Gasteiger partial charge in [-0.1, -0.05) is 103 Å². The van der Waals surface area contributed by atoms with Crippen molar-refractivity contribution in [2.45, 2.75) is 83.1 Å². The summed E-state index contributed by atoms with van der Waals surface area (Å²) in [4.78, 5) is 25.3. The van der Waals surface area contributed by atoms with Crippen LogP contribution in [-0.4, -0.2) is 46.7 Å². The fourth-order valence-corrected chi connectivity index (χ4v) is 6.22. The average molecular weight is 665 g/mol. The molecule has 0 aromatic heterocycles. The number of carbonyl (C=O) groups excluding carboxylic acids is 1. The Bertz CT molecular complexity index is 1630. The fourth-order valence-electron chi connectivity index (χ4n) is 6.22. The number of likely N-dealkylation sites (N-methyl/N-ethyl adjacent to an activating group) is 1. The summed E-state index contributed by atoms with van der Waals surface area (Å²) in [5.74, 6) is -0.828. The Morgan fingerprint density at radius 1 is 0.816 bits per heavy atom. The lowest BCUT2D eigenvalue weighted by molar-refractivity contribution is -0.253. The number of aliphatic hydroxyl groups excluding tert-OH is 1. The van der Waals surface area contributed by atoms with Gasteiger partial charge in [0.05, 0.1) is 18.8 Å². The first-order chi connectivity index (χ1) is 23.8. The monoisotopic (exact) mass is 664 g/mol. The molecule has 0 unspecified atom stereocenters. The van der Waals surface area contributed by atoms with Gasteiger partial charge in [-0.2, -0.15) is 0 Å². The smallest absolute Gasteiger partial charge is 0.303 e. The molecule has 1 aliphatic heterocycles. The van der Waals surface area contributed by atoms with Gasteiger partial charge >= 0.3 is 5.97 Å². The first kappa shape index (κ1) is 36.0. The summed E-state index contributed by atoms with van der Waals surface area (Å²) in [6, 6.07) is 35.1. The number of aliphatic hydroxyl groups is 1. The number of carboxylic acids is 1. The molecule has 0 spiro atoms. The summed E-state index contributed by atoms with van der Waals surface area (Å²) in [5.41, 5.74) is 7.24. The van der Waals surface area contributed by atoms with Crippen molar-refractivity contribution in [3.63, 3.8) is 0 Å². The number of nitrogens with one attached hydrogen (secondary N) is 1. The molecule has 8 heteroatoms. The van der Waals surface area contributed by atoms with Crippen LogP contribution in [-0.2, 0) is 32.2 Å². The third kappa shape index (κ3) is 10.6. The van der Waals surface area contributed by atoms with Crippen LogP contribution in [0.2, 0.25) is 0 Å². The van der Waals surface area contributed by atoms with Gasteiger partial charge in [0.15, 0.2) is 6.29 Å². The highest BCUT2D eigenvalue weighted by Gasteiger charge is 2.33. The number of amides is 1. The molecule has 4 aromatic rings. The maximum atomic E-state index is 12.3. The van der Waals surface area contributed by atoms with Crippen LogP contribution in [0, 0.1) is 0 Å². The van der Waals surface area contributed by atoms with E-state index < -0.39 is 12.3 Å². The predicted octanol–water partition coefficient (Wildman–Crippen LogP) is 7.74. The van der Waals surface area contributed by atoms with E-state index in [1.165, 1.54) is 5.56 Å². The van der Waals surface area contributed by atoms with E-state index >= 15 is 0 Å². The van der Waals surface area contributed by atoms with Gasteiger partial charge in [-0.3, -0.25) is 14.5 Å². The summed E-state index contributed by atoms with van der Waals surface area (Å²) in [7, 11) is 2.13. The first-order valence-corrected chi connectivity index (χ1v) is 17.2. The number of carbonyl (C=O) groups is 2. The zero-order chi connectivity index (χ0) is 34.6. The van der Waals surface area contributed by atoms with Crippen molar-refractivity contribution in [2.24, 2.45) is 0 Å². The van der Waals surface area contributed by atoms with Gasteiger partial charge < -0.3 is 25.0 Å². The Hall–Kier alpha value is -4.34. The summed E-state index contributed by atoms with van der Waals surface area (Å²) in [6.07, 6.45) is 2.49. The SMILES string of the molecule is C[C@@H](c1ccccc1)N(C)C[C@@H]1C[C@H](c2ccc(CO)cc2)O[C@H](c2ccc(-c3cccc(CNC(=O)CCCCCC(=O)O)c3)cc2)O1. The van der Waals surface area contributed by atoms with E-state index in [1.54, 1.807) is 0 Å². The predicted molar refractivity (Wildman–Crippen MR) is 190 cm³/mol. The van der Waals surface area contributed by atoms with Crippen LogP contribution in [0.1, 0.15) is 91.7 Å². The van der Waals surface area contributed by atoms with Crippen molar-refractivity contribution in [1.82, 2.24) is 10.2 Å². The molecule has 0 aliphatic carbocycles. The fraction of sp³-hybridized carbons (Fsp3) is 0.366. The molecule has 0 saturated carbocycles. The highest BCUT2D eigenvalue weighted by Crippen LogP contribution is 2.39. The van der Waals surface area contributed by atoms with Crippen molar-refractivity contribution in [1.29, 1.82) is 0 Å². The van der Waals surface area contributed by atoms with Gasteiger partial charge in [0.1, 0.15) is 0 Å². The lowest BCUT2D eigenvalue weighted by Gasteiger charge is -2.39. The Kier molecular flexibility index (Phi) is 13.1. The average Bonchev–Trinajstić information content (AvgIpc) is 3.14. The largest absolute Gasteiger partial charge is 0.481 e. The van der Waals surface area contributed by atoms with Gasteiger partial charge in [0.2, 0.25) is 5.91 Å². The third-order valence-corrected chi connectivity index (χ3v) is 9.28. The molecule has 1 amide bonds. The van der Waals surface area contributed by atoms with E-state index in [-0.39, 0.29) is 37.2 Å². The van der Waals surface area contributed by atoms with Crippen molar-refractivity contribution in [3.05, 3.63) is 131 Å². The van der Waals surface area contributed by atoms with Gasteiger partial charge in [0.25, 0.3) is 0 Å². The molecule has 1 aliphatic rings. The minimum atomic E-state index is -0.800. The minimum Gasteiger partial charge on any atom is -0.481 e. The van der Waals surface area contributed by atoms with Crippen molar-refractivity contribution in [3.8, 4) is 11.1 Å². The quantitative estimate of drug-likeness (QED) is 0.105. The Morgan fingerprint density at radius 3 is 2.24 bits per heavy atom. The normalized spacial score (nSPS) is 18.2. The van der Waals surface area contributed by atoms with Crippen LogP contribution in [0.3, 0.4) is 0 Å². The summed E-state index contributed by atoms with van der Waals surface area (Å²) in [6.45, 7) is 3.40. The Balaban J connectivity index is 1.24. The van der Waals surface area contributed by atoms with Crippen LogP contribution >= 0.6 is 0 Å². The number of aliphatic carboxylic acids is 1. The van der Waals surface area contributed by atoms with Crippen LogP contribution in [0.4, 0.5) is 0 Å². The molecule has 1 saturated heterocycles. The highest BCUT2D eigenvalue weighted by molar-refractivity contribution is 5.76. The molecule has 5 rings (SSSR count). The second-order valence-electron chi connectivity index (χ2n) is 12.9. The van der Waals surface area contributed by atoms with E-state index in [2.05, 4.69) is 84.9 Å². The molecular weight excluding hydrogens is 616 g/mol. The molecule has 258 valence electrons. The van der Waals surface area contributed by atoms with Gasteiger partial charge in [-0.05, 0) is 66.3 Å². The van der Waals surface area contributed by atoms with Gasteiger partial charge in [0, 0.05) is 44.0 Å². The van der Waals surface area contributed by atoms with Crippen LogP contribution in [0.25, 0.3) is 11.1 Å². The molecule has 4 atom stereocenters. The van der Waals surface area contributed by atoms with E-state index in [0.29, 0.717) is 32.2 Å². The maximum absolute atomic E-state index is 12.3. The molecule has 1 fully saturated rings. The molecule has 1 heterocycles. The maximum Gasteiger partial charge on any atom is 0.303 e. The number of carboxylic acid groups (broad SMARTS) is 1. The summed E-state index contributed by atoms with van der Waals surface area (Å²) < 4.78 is 13.2. The molecule has 3 N–H and O–H groups in total. The van der Waals surface area contributed by atoms with Crippen LogP contribution in [0.15, 0.2) is 103 Å². The van der Waals surface area contributed by atoms with E-state index in [0.717, 1.165) is 46.3 Å². The molecule has 8 nitrogen and oxygen atoms in total. The second kappa shape index (κ2) is 17.9. The number of hydrogen-bond donors (Lipinski definition) is 3. The molecule has 0 bridgehead atoms. The Morgan fingerprint density at radius 2 is 1.53 bits per heavy atom. The lowest BCUT2D eigenvalue weighted by atomic mass is 9.98. The minimum absolute atomic E-state index is 0.00378. The number of rotatable bonds is 16. The van der Waals surface area contributed by atoms with Gasteiger partial charge in [-0.15, -0.1) is 0 Å². The Labute approximate surface area is 289 Å². The standard InChI is InChI=1S/C41H48N2O6/c1-29(32-11-5-3-6-12-32)43(2)27-37-25-38(34-18-16-30(28-44)17-19-34)49-41(48-37)35-22-20-33(21-23-35)36-13-9-10-31(24-36)26-42-39(45)14-7-4-8-15-40(46)47/h3,5-6,9-13,16-24,29,37-38,41,44H,4,7-8,14-15,25-28H2,1-2H3,(H,42,45)(H,46,47)/t29-,37-,38+,41+/m0/s1. The van der Waals surface area contributed by atoms with E-state index in [1.807, 2.05) is 42.5 Å². The van der Waals surface area contributed by atoms with Crippen LogP contribution in [0.5, 0.6) is 0 Å². The van der Waals surface area contributed by atoms with Crippen LogP contribution < -0.4 is 5.32 Å². The number of unbranched alkanes of at least 4 members (excludes halogenated alkanes) is 2. The molecule has 4 aromatic carbocycles. The topological polar surface area (TPSA) is 108 Å². The number of benzene rings is 4. The number of hydrogen-bond acceptors (Lipinski definition) is 6. The molecular formula is C41H48N2O6. The van der Waals surface area contributed by atoms with Crippen molar-refractivity contribution in [2.75, 3.05) is 13.6 Å². The van der Waals surface area contributed by atoms with Gasteiger partial charge in [-0.25, -0.2) is 0 Å². The number of nitrogens with zero attached hydrogens (tertiary/aromatic N) is 1. The first-order valence-electron chi connectivity index (χ1n) is 17.2.